The molecule has 144 valence electrons. The van der Waals surface area contributed by atoms with Crippen molar-refractivity contribution in [3.05, 3.63) is 60.2 Å². The van der Waals surface area contributed by atoms with Gasteiger partial charge < -0.3 is 14.7 Å². The Hall–Kier alpha value is -3.35. The van der Waals surface area contributed by atoms with Crippen LogP contribution in [0.15, 0.2) is 54.6 Å². The van der Waals surface area contributed by atoms with Gasteiger partial charge in [-0.15, -0.1) is 5.10 Å². The number of hydrogen-bond acceptors (Lipinski definition) is 5. The number of aromatic amines is 1. The summed E-state index contributed by atoms with van der Waals surface area (Å²) in [7, 11) is 3.78. The summed E-state index contributed by atoms with van der Waals surface area (Å²) in [6, 6.07) is 17.9. The van der Waals surface area contributed by atoms with Crippen molar-refractivity contribution in [3.63, 3.8) is 0 Å². The van der Waals surface area contributed by atoms with Gasteiger partial charge in [-0.25, -0.2) is 0 Å². The fourth-order valence-corrected chi connectivity index (χ4v) is 3.37. The van der Waals surface area contributed by atoms with E-state index in [2.05, 4.69) is 32.2 Å². The second-order valence-electron chi connectivity index (χ2n) is 7.07. The fourth-order valence-electron chi connectivity index (χ4n) is 3.37. The predicted molar refractivity (Wildman–Crippen MR) is 111 cm³/mol. The Balaban J connectivity index is 1.45. The summed E-state index contributed by atoms with van der Waals surface area (Å²) >= 11 is 0. The Morgan fingerprint density at radius 2 is 1.75 bits per heavy atom. The summed E-state index contributed by atoms with van der Waals surface area (Å²) in [5, 5.41) is 7.12. The van der Waals surface area contributed by atoms with E-state index in [0.29, 0.717) is 30.4 Å². The lowest BCUT2D eigenvalue weighted by Gasteiger charge is -2.36. The number of rotatable bonds is 4. The summed E-state index contributed by atoms with van der Waals surface area (Å²) in [5.74, 6) is 1.33. The Kier molecular flexibility index (Phi) is 4.97. The van der Waals surface area contributed by atoms with Crippen molar-refractivity contribution in [3.8, 4) is 11.4 Å². The number of hydrogen-bond donors (Lipinski definition) is 1. The van der Waals surface area contributed by atoms with Crippen molar-refractivity contribution in [1.29, 1.82) is 0 Å². The number of H-pyrrole nitrogens is 1. The summed E-state index contributed by atoms with van der Waals surface area (Å²) < 4.78 is 0. The largest absolute Gasteiger partial charge is 0.368 e. The molecule has 2 heterocycles. The van der Waals surface area contributed by atoms with Crippen LogP contribution in [0.1, 0.15) is 10.4 Å². The van der Waals surface area contributed by atoms with Gasteiger partial charge in [0.15, 0.2) is 5.82 Å². The highest BCUT2D eigenvalue weighted by molar-refractivity contribution is 5.95. The van der Waals surface area contributed by atoms with Crippen LogP contribution in [0.4, 0.5) is 11.6 Å². The Morgan fingerprint density at radius 1 is 1.00 bits per heavy atom. The minimum absolute atomic E-state index is 0.0573. The molecule has 0 atom stereocenters. The predicted octanol–water partition coefficient (Wildman–Crippen LogP) is 2.50. The van der Waals surface area contributed by atoms with E-state index in [9.17, 15) is 4.79 Å². The number of carbonyl (C=O) groups excluding carboxylic acids is 1. The summed E-state index contributed by atoms with van der Waals surface area (Å²) in [6.07, 6.45) is 0. The first kappa shape index (κ1) is 18.0. The molecule has 0 saturated carbocycles. The van der Waals surface area contributed by atoms with E-state index >= 15 is 0 Å². The topological polar surface area (TPSA) is 68.4 Å². The Bertz CT molecular complexity index is 944. The maximum absolute atomic E-state index is 13.0. The van der Waals surface area contributed by atoms with E-state index in [-0.39, 0.29) is 5.91 Å². The molecule has 0 radical (unpaired) electrons. The van der Waals surface area contributed by atoms with Crippen LogP contribution >= 0.6 is 0 Å². The van der Waals surface area contributed by atoms with Crippen LogP contribution < -0.4 is 9.80 Å². The van der Waals surface area contributed by atoms with Gasteiger partial charge in [0, 0.05) is 57.1 Å². The zero-order chi connectivity index (χ0) is 19.5. The van der Waals surface area contributed by atoms with Gasteiger partial charge in [0.2, 0.25) is 5.95 Å². The van der Waals surface area contributed by atoms with Crippen LogP contribution in [0.2, 0.25) is 0 Å². The first-order valence-electron chi connectivity index (χ1n) is 9.41. The minimum Gasteiger partial charge on any atom is -0.368 e. The van der Waals surface area contributed by atoms with Crippen molar-refractivity contribution >= 4 is 17.5 Å². The highest BCUT2D eigenvalue weighted by atomic mass is 16.2. The van der Waals surface area contributed by atoms with Crippen molar-refractivity contribution in [2.45, 2.75) is 0 Å². The van der Waals surface area contributed by atoms with Gasteiger partial charge in [-0.3, -0.25) is 9.89 Å². The lowest BCUT2D eigenvalue weighted by Crippen LogP contribution is -2.48. The van der Waals surface area contributed by atoms with E-state index in [1.807, 2.05) is 66.4 Å². The molecule has 1 aliphatic rings. The third-order valence-electron chi connectivity index (χ3n) is 4.94. The number of anilines is 2. The number of piperazine rings is 1. The van der Waals surface area contributed by atoms with E-state index < -0.39 is 0 Å². The van der Waals surface area contributed by atoms with Crippen LogP contribution in [0, 0.1) is 0 Å². The van der Waals surface area contributed by atoms with E-state index in [4.69, 9.17) is 0 Å². The van der Waals surface area contributed by atoms with Crippen LogP contribution in [-0.4, -0.2) is 66.3 Å². The molecule has 1 aliphatic heterocycles. The molecule has 1 saturated heterocycles. The molecule has 0 spiro atoms. The van der Waals surface area contributed by atoms with Gasteiger partial charge in [-0.2, -0.15) is 4.98 Å². The third-order valence-corrected chi connectivity index (χ3v) is 4.94. The molecular weight excluding hydrogens is 352 g/mol. The number of aromatic nitrogens is 3. The molecule has 1 N–H and O–H groups in total. The number of benzene rings is 2. The van der Waals surface area contributed by atoms with Crippen LogP contribution in [0.3, 0.4) is 0 Å². The van der Waals surface area contributed by atoms with Gasteiger partial charge in [-0.1, -0.05) is 30.3 Å². The Labute approximate surface area is 164 Å². The average molecular weight is 376 g/mol. The normalized spacial score (nSPS) is 14.2. The maximum Gasteiger partial charge on any atom is 0.253 e. The molecular formula is C21H24N6O. The second-order valence-corrected chi connectivity index (χ2v) is 7.07. The SMILES string of the molecule is CN(C)c1n[nH]c(-c2cccc(C(=O)N3CCN(c4ccccc4)CC3)c2)n1. The zero-order valence-corrected chi connectivity index (χ0v) is 16.2. The van der Waals surface area contributed by atoms with E-state index in [0.717, 1.165) is 18.7 Å². The minimum atomic E-state index is 0.0573. The van der Waals surface area contributed by atoms with Crippen molar-refractivity contribution < 1.29 is 4.79 Å². The molecule has 0 bridgehead atoms. The highest BCUT2D eigenvalue weighted by Crippen LogP contribution is 2.21. The van der Waals surface area contributed by atoms with Crippen molar-refractivity contribution in [2.24, 2.45) is 0 Å². The van der Waals surface area contributed by atoms with Crippen molar-refractivity contribution in [2.75, 3.05) is 50.1 Å². The maximum atomic E-state index is 13.0. The molecule has 4 rings (SSSR count). The molecule has 7 heteroatoms. The lowest BCUT2D eigenvalue weighted by molar-refractivity contribution is 0.0747. The molecule has 0 unspecified atom stereocenters. The summed E-state index contributed by atoms with van der Waals surface area (Å²) in [6.45, 7) is 3.10. The zero-order valence-electron chi connectivity index (χ0n) is 16.2. The van der Waals surface area contributed by atoms with Gasteiger partial charge >= 0.3 is 0 Å². The van der Waals surface area contributed by atoms with E-state index in [1.54, 1.807) is 0 Å². The number of para-hydroxylation sites is 1. The molecule has 2 aromatic carbocycles. The summed E-state index contributed by atoms with van der Waals surface area (Å²) in [5.41, 5.74) is 2.74. The second kappa shape index (κ2) is 7.72. The number of nitrogens with zero attached hydrogens (tertiary/aromatic N) is 5. The quantitative estimate of drug-likeness (QED) is 0.758. The number of nitrogens with one attached hydrogen (secondary N) is 1. The van der Waals surface area contributed by atoms with Crippen LogP contribution in [0.25, 0.3) is 11.4 Å². The van der Waals surface area contributed by atoms with Gasteiger partial charge in [-0.05, 0) is 24.3 Å². The first-order valence-corrected chi connectivity index (χ1v) is 9.41. The average Bonchev–Trinajstić information content (AvgIpc) is 3.25. The standard InChI is InChI=1S/C21H24N6O/c1-25(2)21-22-19(23-24-21)16-7-6-8-17(15-16)20(28)27-13-11-26(12-14-27)18-9-4-3-5-10-18/h3-10,15H,11-14H2,1-2H3,(H,22,23,24). The molecule has 0 aliphatic carbocycles. The third kappa shape index (κ3) is 3.69. The molecule has 1 fully saturated rings. The molecule has 1 aromatic heterocycles. The van der Waals surface area contributed by atoms with E-state index in [1.165, 1.54) is 5.69 Å². The van der Waals surface area contributed by atoms with Gasteiger partial charge in [0.1, 0.15) is 0 Å². The molecule has 1 amide bonds. The number of carbonyl (C=O) groups is 1. The Morgan fingerprint density at radius 3 is 2.43 bits per heavy atom. The highest BCUT2D eigenvalue weighted by Gasteiger charge is 2.22. The van der Waals surface area contributed by atoms with Crippen LogP contribution in [0.5, 0.6) is 0 Å². The fraction of sp³-hybridized carbons (Fsp3) is 0.286. The molecule has 28 heavy (non-hydrogen) atoms. The first-order chi connectivity index (χ1) is 13.6. The lowest BCUT2D eigenvalue weighted by atomic mass is 10.1. The number of amides is 1. The van der Waals surface area contributed by atoms with Gasteiger partial charge in [0.25, 0.3) is 5.91 Å². The van der Waals surface area contributed by atoms with Crippen molar-refractivity contribution in [1.82, 2.24) is 20.1 Å². The monoisotopic (exact) mass is 376 g/mol. The summed E-state index contributed by atoms with van der Waals surface area (Å²) in [4.78, 5) is 23.5. The molecule has 7 nitrogen and oxygen atoms in total. The smallest absolute Gasteiger partial charge is 0.253 e. The van der Waals surface area contributed by atoms with Gasteiger partial charge in [0.05, 0.1) is 0 Å². The molecule has 3 aromatic rings. The van der Waals surface area contributed by atoms with Crippen LogP contribution in [-0.2, 0) is 0 Å².